The Morgan fingerprint density at radius 2 is 2.08 bits per heavy atom. The maximum atomic E-state index is 11.7. The molecule has 2 aromatic heterocycles. The average Bonchev–Trinajstić information content (AvgIpc) is 2.61. The molecule has 6 heteroatoms. The molecule has 1 N–H and O–H groups in total. The fourth-order valence-electron chi connectivity index (χ4n) is 2.78. The van der Waals surface area contributed by atoms with Gasteiger partial charge in [-0.1, -0.05) is 6.92 Å². The molecule has 6 nitrogen and oxygen atoms in total. The number of fused-ring (bicyclic) bond motifs is 1. The van der Waals surface area contributed by atoms with Gasteiger partial charge in [-0.2, -0.15) is 0 Å². The van der Waals surface area contributed by atoms with E-state index in [2.05, 4.69) is 24.1 Å². The summed E-state index contributed by atoms with van der Waals surface area (Å²) in [4.78, 5) is 27.1. The first kappa shape index (κ1) is 16.4. The lowest BCUT2D eigenvalue weighted by Crippen LogP contribution is -2.35. The fourth-order valence-corrected chi connectivity index (χ4v) is 2.78. The van der Waals surface area contributed by atoms with E-state index < -0.39 is 0 Å². The van der Waals surface area contributed by atoms with Crippen LogP contribution in [0.5, 0.6) is 0 Å². The van der Waals surface area contributed by atoms with E-state index in [0.29, 0.717) is 18.4 Å². The lowest BCUT2D eigenvalue weighted by atomic mass is 10.0. The Morgan fingerprint density at radius 1 is 1.33 bits per heavy atom. The van der Waals surface area contributed by atoms with Gasteiger partial charge in [-0.3, -0.25) is 9.78 Å². The van der Waals surface area contributed by atoms with Gasteiger partial charge < -0.3 is 10.2 Å². The van der Waals surface area contributed by atoms with Crippen molar-refractivity contribution in [2.75, 3.05) is 11.9 Å². The minimum absolute atomic E-state index is 0.0844. The van der Waals surface area contributed by atoms with Crippen LogP contribution < -0.4 is 5.32 Å². The summed E-state index contributed by atoms with van der Waals surface area (Å²) in [6.45, 7) is 7.15. The molecule has 3 rings (SSSR count). The largest absolute Gasteiger partial charge is 0.367 e. The number of aromatic nitrogens is 3. The number of anilines is 1. The standard InChI is InChI=1S/C18H23N5O/c1-4-12(2)20-18-15-7-10-23(13(3)24)11-16(15)21-17(22-18)14-5-8-19-9-6-14/h5-6,8-9,12H,4,7,10-11H2,1-3H3,(H,20,21,22)/t12-/m0/s1. The van der Waals surface area contributed by atoms with Crippen LogP contribution in [-0.4, -0.2) is 38.3 Å². The maximum Gasteiger partial charge on any atom is 0.219 e. The molecule has 0 radical (unpaired) electrons. The number of pyridine rings is 1. The quantitative estimate of drug-likeness (QED) is 0.936. The molecule has 0 spiro atoms. The lowest BCUT2D eigenvalue weighted by molar-refractivity contribution is -0.129. The normalized spacial score (nSPS) is 14.9. The van der Waals surface area contributed by atoms with E-state index in [-0.39, 0.29) is 5.91 Å². The van der Waals surface area contributed by atoms with Gasteiger partial charge in [-0.25, -0.2) is 9.97 Å². The van der Waals surface area contributed by atoms with E-state index in [1.165, 1.54) is 0 Å². The highest BCUT2D eigenvalue weighted by molar-refractivity contribution is 5.74. The zero-order valence-electron chi connectivity index (χ0n) is 14.4. The number of carbonyl (C=O) groups excluding carboxylic acids is 1. The van der Waals surface area contributed by atoms with Gasteiger partial charge in [-0.15, -0.1) is 0 Å². The first-order chi connectivity index (χ1) is 11.6. The van der Waals surface area contributed by atoms with Crippen LogP contribution in [0.25, 0.3) is 11.4 Å². The van der Waals surface area contributed by atoms with E-state index >= 15 is 0 Å². The van der Waals surface area contributed by atoms with Crippen LogP contribution in [0.1, 0.15) is 38.4 Å². The number of carbonyl (C=O) groups is 1. The van der Waals surface area contributed by atoms with E-state index in [0.717, 1.165) is 42.0 Å². The second kappa shape index (κ2) is 6.95. The Labute approximate surface area is 142 Å². The Balaban J connectivity index is 2.04. The minimum Gasteiger partial charge on any atom is -0.367 e. The molecule has 0 bridgehead atoms. The highest BCUT2D eigenvalue weighted by Gasteiger charge is 2.24. The van der Waals surface area contributed by atoms with E-state index in [1.54, 1.807) is 19.3 Å². The summed E-state index contributed by atoms with van der Waals surface area (Å²) in [6.07, 6.45) is 5.27. The monoisotopic (exact) mass is 325 g/mol. The first-order valence-electron chi connectivity index (χ1n) is 8.40. The van der Waals surface area contributed by atoms with Crippen LogP contribution in [0.15, 0.2) is 24.5 Å². The molecule has 0 unspecified atom stereocenters. The van der Waals surface area contributed by atoms with Crippen molar-refractivity contribution in [2.24, 2.45) is 0 Å². The van der Waals surface area contributed by atoms with Crippen LogP contribution in [0.3, 0.4) is 0 Å². The first-order valence-corrected chi connectivity index (χ1v) is 8.40. The molecule has 3 heterocycles. The van der Waals surface area contributed by atoms with Crippen molar-refractivity contribution in [3.05, 3.63) is 35.8 Å². The number of hydrogen-bond donors (Lipinski definition) is 1. The summed E-state index contributed by atoms with van der Waals surface area (Å²) in [5.74, 6) is 1.65. The van der Waals surface area contributed by atoms with Crippen molar-refractivity contribution in [3.8, 4) is 11.4 Å². The molecule has 0 fully saturated rings. The molecule has 0 saturated heterocycles. The van der Waals surface area contributed by atoms with Crippen LogP contribution in [0, 0.1) is 0 Å². The molecule has 1 amide bonds. The van der Waals surface area contributed by atoms with E-state index in [4.69, 9.17) is 9.97 Å². The van der Waals surface area contributed by atoms with Gasteiger partial charge >= 0.3 is 0 Å². The highest BCUT2D eigenvalue weighted by Crippen LogP contribution is 2.27. The van der Waals surface area contributed by atoms with Crippen molar-refractivity contribution >= 4 is 11.7 Å². The molecular formula is C18H23N5O. The van der Waals surface area contributed by atoms with Crippen molar-refractivity contribution in [1.82, 2.24) is 19.9 Å². The predicted octanol–water partition coefficient (Wildman–Crippen LogP) is 2.65. The third kappa shape index (κ3) is 3.37. The second-order valence-corrected chi connectivity index (χ2v) is 6.20. The number of hydrogen-bond acceptors (Lipinski definition) is 5. The van der Waals surface area contributed by atoms with Gasteiger partial charge in [0.25, 0.3) is 0 Å². The molecule has 1 atom stereocenters. The maximum absolute atomic E-state index is 11.7. The number of amides is 1. The predicted molar refractivity (Wildman–Crippen MR) is 93.4 cm³/mol. The smallest absolute Gasteiger partial charge is 0.219 e. The van der Waals surface area contributed by atoms with Crippen molar-refractivity contribution in [3.63, 3.8) is 0 Å². The summed E-state index contributed by atoms with van der Waals surface area (Å²) < 4.78 is 0. The van der Waals surface area contributed by atoms with E-state index in [1.807, 2.05) is 17.0 Å². The Hall–Kier alpha value is -2.50. The summed E-state index contributed by atoms with van der Waals surface area (Å²) in [7, 11) is 0. The number of rotatable bonds is 4. The molecule has 1 aliphatic heterocycles. The molecule has 0 saturated carbocycles. The molecule has 24 heavy (non-hydrogen) atoms. The Bertz CT molecular complexity index is 732. The second-order valence-electron chi connectivity index (χ2n) is 6.20. The SMILES string of the molecule is CC[C@H](C)Nc1nc(-c2ccncc2)nc2c1CCN(C(C)=O)C2. The fraction of sp³-hybridized carbons (Fsp3) is 0.444. The summed E-state index contributed by atoms with van der Waals surface area (Å²) in [5, 5.41) is 3.50. The zero-order valence-corrected chi connectivity index (χ0v) is 14.4. The number of nitrogens with zero attached hydrogens (tertiary/aromatic N) is 4. The summed E-state index contributed by atoms with van der Waals surface area (Å²) in [6, 6.07) is 4.14. The van der Waals surface area contributed by atoms with Crippen molar-refractivity contribution < 1.29 is 4.79 Å². The average molecular weight is 325 g/mol. The third-order valence-electron chi connectivity index (χ3n) is 4.44. The summed E-state index contributed by atoms with van der Waals surface area (Å²) >= 11 is 0. The lowest BCUT2D eigenvalue weighted by Gasteiger charge is -2.29. The van der Waals surface area contributed by atoms with Crippen LogP contribution in [0.4, 0.5) is 5.82 Å². The number of nitrogens with one attached hydrogen (secondary N) is 1. The van der Waals surface area contributed by atoms with Crippen LogP contribution in [0.2, 0.25) is 0 Å². The van der Waals surface area contributed by atoms with Crippen LogP contribution >= 0.6 is 0 Å². The minimum atomic E-state index is 0.0844. The van der Waals surface area contributed by atoms with Crippen molar-refractivity contribution in [2.45, 2.75) is 46.2 Å². The Kier molecular flexibility index (Phi) is 4.74. The molecular weight excluding hydrogens is 302 g/mol. The third-order valence-corrected chi connectivity index (χ3v) is 4.44. The molecule has 1 aliphatic rings. The zero-order chi connectivity index (χ0) is 17.1. The van der Waals surface area contributed by atoms with Crippen LogP contribution in [-0.2, 0) is 17.8 Å². The topological polar surface area (TPSA) is 71.0 Å². The highest BCUT2D eigenvalue weighted by atomic mass is 16.2. The van der Waals surface area contributed by atoms with E-state index in [9.17, 15) is 4.79 Å². The van der Waals surface area contributed by atoms with Gasteiger partial charge in [0.2, 0.25) is 5.91 Å². The molecule has 0 aromatic carbocycles. The van der Waals surface area contributed by atoms with Crippen molar-refractivity contribution in [1.29, 1.82) is 0 Å². The molecule has 126 valence electrons. The van der Waals surface area contributed by atoms with Gasteiger partial charge in [0.1, 0.15) is 5.82 Å². The van der Waals surface area contributed by atoms with Gasteiger partial charge in [-0.05, 0) is 31.9 Å². The summed E-state index contributed by atoms with van der Waals surface area (Å²) in [5.41, 5.74) is 3.00. The van der Waals surface area contributed by atoms with Gasteiger partial charge in [0.05, 0.1) is 12.2 Å². The molecule has 0 aliphatic carbocycles. The molecule has 2 aromatic rings. The van der Waals surface area contributed by atoms with Gasteiger partial charge in [0, 0.05) is 43.0 Å². The Morgan fingerprint density at radius 3 is 2.75 bits per heavy atom. The van der Waals surface area contributed by atoms with Gasteiger partial charge in [0.15, 0.2) is 5.82 Å².